The van der Waals surface area contributed by atoms with Gasteiger partial charge in [-0.1, -0.05) is 6.07 Å². The minimum absolute atomic E-state index is 0.0247. The van der Waals surface area contributed by atoms with Crippen molar-refractivity contribution in [2.24, 2.45) is 0 Å². The topological polar surface area (TPSA) is 87.7 Å². The van der Waals surface area contributed by atoms with Crippen LogP contribution in [0.25, 0.3) is 0 Å². The van der Waals surface area contributed by atoms with Gasteiger partial charge in [-0.3, -0.25) is 9.59 Å². The highest BCUT2D eigenvalue weighted by atomic mass is 16.5. The van der Waals surface area contributed by atoms with Crippen molar-refractivity contribution in [1.29, 1.82) is 0 Å². The molecule has 1 atom stereocenters. The fraction of sp³-hybridized carbons (Fsp3) is 0.250. The van der Waals surface area contributed by atoms with Crippen LogP contribution in [0.3, 0.4) is 0 Å². The van der Waals surface area contributed by atoms with Gasteiger partial charge in [0.15, 0.2) is 0 Å². The van der Waals surface area contributed by atoms with Crippen LogP contribution in [0, 0.1) is 0 Å². The van der Waals surface area contributed by atoms with Gasteiger partial charge in [0.05, 0.1) is 24.0 Å². The van der Waals surface area contributed by atoms with Gasteiger partial charge in [-0.05, 0) is 49.2 Å². The van der Waals surface area contributed by atoms with Crippen LogP contribution in [0.4, 0.5) is 17.1 Å². The Morgan fingerprint density at radius 3 is 2.85 bits per heavy atom. The highest BCUT2D eigenvalue weighted by Gasteiger charge is 2.36. The average molecular weight is 365 g/mol. The highest BCUT2D eigenvalue weighted by Crippen LogP contribution is 2.37. The van der Waals surface area contributed by atoms with Crippen LogP contribution in [0.5, 0.6) is 0 Å². The summed E-state index contributed by atoms with van der Waals surface area (Å²) in [4.78, 5) is 38.6. The van der Waals surface area contributed by atoms with Gasteiger partial charge in [-0.15, -0.1) is 0 Å². The molecule has 7 heteroatoms. The number of hydrogen-bond acceptors (Lipinski definition) is 5. The van der Waals surface area contributed by atoms with Crippen molar-refractivity contribution in [3.63, 3.8) is 0 Å². The summed E-state index contributed by atoms with van der Waals surface area (Å²) in [6, 6.07) is 11.7. The summed E-state index contributed by atoms with van der Waals surface area (Å²) in [5, 5.41) is 5.67. The number of esters is 1. The second-order valence-electron chi connectivity index (χ2n) is 6.60. The van der Waals surface area contributed by atoms with Crippen LogP contribution in [0.2, 0.25) is 0 Å². The zero-order valence-electron chi connectivity index (χ0n) is 14.8. The van der Waals surface area contributed by atoms with E-state index in [-0.39, 0.29) is 17.9 Å². The molecule has 0 saturated carbocycles. The summed E-state index contributed by atoms with van der Waals surface area (Å²) >= 11 is 0. The van der Waals surface area contributed by atoms with E-state index in [0.717, 1.165) is 25.1 Å². The van der Waals surface area contributed by atoms with E-state index in [4.69, 9.17) is 4.74 Å². The average Bonchev–Trinajstić information content (AvgIpc) is 3.18. The summed E-state index contributed by atoms with van der Waals surface area (Å²) in [5.41, 5.74) is 2.86. The molecule has 2 aliphatic heterocycles. The molecule has 2 N–H and O–H groups in total. The van der Waals surface area contributed by atoms with Gasteiger partial charge in [-0.2, -0.15) is 0 Å². The van der Waals surface area contributed by atoms with Crippen LogP contribution in [-0.2, 0) is 9.53 Å². The molecule has 0 unspecified atom stereocenters. The fourth-order valence-corrected chi connectivity index (χ4v) is 3.62. The van der Waals surface area contributed by atoms with E-state index in [1.165, 1.54) is 7.11 Å². The lowest BCUT2D eigenvalue weighted by molar-refractivity contribution is -0.117. The summed E-state index contributed by atoms with van der Waals surface area (Å²) < 4.78 is 4.69. The first-order valence-corrected chi connectivity index (χ1v) is 8.78. The lowest BCUT2D eigenvalue weighted by Crippen LogP contribution is -2.43. The molecule has 1 fully saturated rings. The van der Waals surface area contributed by atoms with Crippen molar-refractivity contribution in [2.45, 2.75) is 18.9 Å². The molecule has 1 saturated heterocycles. The molecule has 138 valence electrons. The van der Waals surface area contributed by atoms with Gasteiger partial charge < -0.3 is 20.3 Å². The maximum atomic E-state index is 12.6. The van der Waals surface area contributed by atoms with Gasteiger partial charge in [0.1, 0.15) is 6.04 Å². The standard InChI is InChI=1S/C20H19N3O4/c1-27-20(26)13-4-2-5-14(10-13)21-18(24)12-7-8-16-15(11-12)22-19(25)17-6-3-9-23(16)17/h2,4-5,7-8,10-11,17H,3,6,9H2,1H3,(H,21,24)(H,22,25)/t17-/m0/s1. The molecule has 7 nitrogen and oxygen atoms in total. The Morgan fingerprint density at radius 2 is 2.04 bits per heavy atom. The molecule has 2 heterocycles. The van der Waals surface area contributed by atoms with Crippen molar-refractivity contribution in [2.75, 3.05) is 29.2 Å². The van der Waals surface area contributed by atoms with Gasteiger partial charge in [0, 0.05) is 17.8 Å². The summed E-state index contributed by atoms with van der Waals surface area (Å²) in [6.45, 7) is 0.844. The zero-order valence-corrected chi connectivity index (χ0v) is 14.8. The molecule has 2 amide bonds. The van der Waals surface area contributed by atoms with Crippen LogP contribution in [0.15, 0.2) is 42.5 Å². The van der Waals surface area contributed by atoms with Gasteiger partial charge >= 0.3 is 5.97 Å². The third kappa shape index (κ3) is 3.12. The first kappa shape index (κ1) is 17.1. The van der Waals surface area contributed by atoms with E-state index in [0.29, 0.717) is 22.5 Å². The number of carbonyl (C=O) groups excluding carboxylic acids is 3. The molecular weight excluding hydrogens is 346 g/mol. The number of fused-ring (bicyclic) bond motifs is 3. The number of hydrogen-bond donors (Lipinski definition) is 2. The number of nitrogens with one attached hydrogen (secondary N) is 2. The summed E-state index contributed by atoms with van der Waals surface area (Å²) in [6.07, 6.45) is 1.83. The molecule has 0 radical (unpaired) electrons. The Balaban J connectivity index is 1.56. The smallest absolute Gasteiger partial charge is 0.337 e. The second kappa shape index (κ2) is 6.75. The van der Waals surface area contributed by atoms with Crippen LogP contribution < -0.4 is 15.5 Å². The van der Waals surface area contributed by atoms with Crippen molar-refractivity contribution in [3.05, 3.63) is 53.6 Å². The molecular formula is C20H19N3O4. The molecule has 0 bridgehead atoms. The molecule has 2 aliphatic rings. The van der Waals surface area contributed by atoms with Crippen molar-refractivity contribution >= 4 is 34.8 Å². The maximum Gasteiger partial charge on any atom is 0.337 e. The molecule has 4 rings (SSSR count). The first-order chi connectivity index (χ1) is 13.1. The Hall–Kier alpha value is -3.35. The maximum absolute atomic E-state index is 12.6. The van der Waals surface area contributed by atoms with Crippen LogP contribution >= 0.6 is 0 Å². The summed E-state index contributed by atoms with van der Waals surface area (Å²) in [5.74, 6) is -0.816. The predicted octanol–water partition coefficient (Wildman–Crippen LogP) is 2.65. The number of benzene rings is 2. The fourth-order valence-electron chi connectivity index (χ4n) is 3.62. The third-order valence-electron chi connectivity index (χ3n) is 4.92. The van der Waals surface area contributed by atoms with Gasteiger partial charge in [0.25, 0.3) is 5.91 Å². The Labute approximate surface area is 156 Å². The van der Waals surface area contributed by atoms with E-state index in [9.17, 15) is 14.4 Å². The molecule has 0 spiro atoms. The van der Waals surface area contributed by atoms with Crippen LogP contribution in [0.1, 0.15) is 33.6 Å². The van der Waals surface area contributed by atoms with Crippen LogP contribution in [-0.4, -0.2) is 37.5 Å². The Kier molecular flexibility index (Phi) is 4.27. The quantitative estimate of drug-likeness (QED) is 0.817. The third-order valence-corrected chi connectivity index (χ3v) is 4.92. The largest absolute Gasteiger partial charge is 0.465 e. The van der Waals surface area contributed by atoms with E-state index in [2.05, 4.69) is 15.5 Å². The van der Waals surface area contributed by atoms with E-state index in [1.807, 2.05) is 6.07 Å². The molecule has 2 aromatic carbocycles. The second-order valence-corrected chi connectivity index (χ2v) is 6.60. The van der Waals surface area contributed by atoms with Gasteiger partial charge in [-0.25, -0.2) is 4.79 Å². The minimum atomic E-state index is -0.470. The normalized spacial score (nSPS) is 17.6. The van der Waals surface area contributed by atoms with E-state index >= 15 is 0 Å². The number of amides is 2. The van der Waals surface area contributed by atoms with Crippen molar-refractivity contribution < 1.29 is 19.1 Å². The molecule has 27 heavy (non-hydrogen) atoms. The number of carbonyl (C=O) groups is 3. The van der Waals surface area contributed by atoms with E-state index in [1.54, 1.807) is 36.4 Å². The lowest BCUT2D eigenvalue weighted by Gasteiger charge is -2.33. The number of methoxy groups -OCH3 is 1. The number of ether oxygens (including phenoxy) is 1. The molecule has 2 aromatic rings. The Morgan fingerprint density at radius 1 is 1.19 bits per heavy atom. The zero-order chi connectivity index (χ0) is 19.0. The first-order valence-electron chi connectivity index (χ1n) is 8.78. The van der Waals surface area contributed by atoms with Crippen molar-refractivity contribution in [1.82, 2.24) is 0 Å². The number of nitrogens with zero attached hydrogens (tertiary/aromatic N) is 1. The minimum Gasteiger partial charge on any atom is -0.465 e. The monoisotopic (exact) mass is 365 g/mol. The highest BCUT2D eigenvalue weighted by molar-refractivity contribution is 6.09. The number of rotatable bonds is 3. The lowest BCUT2D eigenvalue weighted by atomic mass is 10.1. The molecule has 0 aliphatic carbocycles. The number of anilines is 3. The molecule has 0 aromatic heterocycles. The SMILES string of the molecule is COC(=O)c1cccc(NC(=O)c2ccc3c(c2)NC(=O)[C@@H]2CCCN32)c1. The Bertz CT molecular complexity index is 941. The predicted molar refractivity (Wildman–Crippen MR) is 101 cm³/mol. The van der Waals surface area contributed by atoms with E-state index < -0.39 is 5.97 Å². The van der Waals surface area contributed by atoms with Gasteiger partial charge in [0.2, 0.25) is 5.91 Å². The summed E-state index contributed by atoms with van der Waals surface area (Å²) in [7, 11) is 1.31. The van der Waals surface area contributed by atoms with Crippen molar-refractivity contribution in [3.8, 4) is 0 Å².